The molecular weight excluding hydrogens is 437 g/mol. The van der Waals surface area contributed by atoms with Crippen LogP contribution in [0.3, 0.4) is 0 Å². The molecule has 168 valence electrons. The molecule has 4 rings (SSSR count). The maximum absolute atomic E-state index is 13.3. The number of anilines is 1. The van der Waals surface area contributed by atoms with Crippen LogP contribution in [0.5, 0.6) is 0 Å². The molecule has 0 bridgehead atoms. The van der Waals surface area contributed by atoms with Gasteiger partial charge in [-0.2, -0.15) is 0 Å². The molecule has 33 heavy (non-hydrogen) atoms. The number of hydrogen-bond acceptors (Lipinski definition) is 3. The molecule has 1 unspecified atom stereocenters. The highest BCUT2D eigenvalue weighted by Gasteiger charge is 2.43. The van der Waals surface area contributed by atoms with E-state index in [-0.39, 0.29) is 24.1 Å². The van der Waals surface area contributed by atoms with Gasteiger partial charge in [-0.3, -0.25) is 14.5 Å². The van der Waals surface area contributed by atoms with Crippen molar-refractivity contribution in [1.82, 2.24) is 9.80 Å². The van der Waals surface area contributed by atoms with Crippen LogP contribution in [-0.2, 0) is 22.6 Å². The Balaban J connectivity index is 1.50. The third-order valence-corrected chi connectivity index (χ3v) is 6.03. The molecule has 1 atom stereocenters. The summed E-state index contributed by atoms with van der Waals surface area (Å²) in [6.07, 6.45) is 0.616. The highest BCUT2D eigenvalue weighted by molar-refractivity contribution is 7.80. The van der Waals surface area contributed by atoms with Crippen LogP contribution in [-0.4, -0.2) is 39.3 Å². The number of rotatable bonds is 8. The molecule has 1 fully saturated rings. The van der Waals surface area contributed by atoms with Crippen LogP contribution in [0.15, 0.2) is 84.9 Å². The van der Waals surface area contributed by atoms with Gasteiger partial charge in [-0.25, -0.2) is 4.39 Å². The van der Waals surface area contributed by atoms with Gasteiger partial charge in [0.1, 0.15) is 11.9 Å². The van der Waals surface area contributed by atoms with E-state index in [0.717, 1.165) is 11.1 Å². The Morgan fingerprint density at radius 3 is 2.15 bits per heavy atom. The van der Waals surface area contributed by atoms with Crippen molar-refractivity contribution in [3.8, 4) is 0 Å². The van der Waals surface area contributed by atoms with Gasteiger partial charge in [-0.1, -0.05) is 60.7 Å². The molecule has 3 aromatic carbocycles. The first-order valence-corrected chi connectivity index (χ1v) is 11.2. The van der Waals surface area contributed by atoms with E-state index in [9.17, 15) is 14.0 Å². The number of nitrogens with one attached hydrogen (secondary N) is 1. The molecule has 0 saturated carbocycles. The van der Waals surface area contributed by atoms with E-state index in [1.54, 1.807) is 4.90 Å². The molecule has 7 heteroatoms. The minimum absolute atomic E-state index is 0.0506. The lowest BCUT2D eigenvalue weighted by Crippen LogP contribution is -2.37. The minimum atomic E-state index is -0.700. The van der Waals surface area contributed by atoms with Gasteiger partial charge in [0.05, 0.1) is 6.42 Å². The summed E-state index contributed by atoms with van der Waals surface area (Å²) in [6.45, 7) is 0.880. The van der Waals surface area contributed by atoms with Gasteiger partial charge >= 0.3 is 0 Å². The fraction of sp³-hybridized carbons (Fsp3) is 0.192. The number of thiocarbonyl (C=S) groups is 1. The molecule has 0 radical (unpaired) electrons. The second kappa shape index (κ2) is 10.4. The van der Waals surface area contributed by atoms with E-state index < -0.39 is 6.04 Å². The fourth-order valence-electron chi connectivity index (χ4n) is 3.86. The Labute approximate surface area is 197 Å². The number of amides is 2. The number of halogens is 1. The van der Waals surface area contributed by atoms with Crippen molar-refractivity contribution in [3.05, 3.63) is 102 Å². The summed E-state index contributed by atoms with van der Waals surface area (Å²) in [5.41, 5.74) is 2.59. The first-order valence-electron chi connectivity index (χ1n) is 10.8. The standard InChI is InChI=1S/C26H24FN3O2S/c27-21-11-13-22(14-12-21)28-24(31)17-23-25(32)29(16-15-19-7-3-1-4-8-19)26(33)30(23)18-20-9-5-2-6-10-20/h1-14,23H,15-18H2,(H,28,31). The summed E-state index contributed by atoms with van der Waals surface area (Å²) < 4.78 is 13.2. The number of benzene rings is 3. The zero-order valence-electron chi connectivity index (χ0n) is 18.0. The van der Waals surface area contributed by atoms with Crippen molar-refractivity contribution in [1.29, 1.82) is 0 Å². The Hall–Kier alpha value is -3.58. The lowest BCUT2D eigenvalue weighted by atomic mass is 10.1. The summed E-state index contributed by atoms with van der Waals surface area (Å²) in [5.74, 6) is -0.890. The SMILES string of the molecule is O=C(CC1C(=O)N(CCc2ccccc2)C(=S)N1Cc1ccccc1)Nc1ccc(F)cc1. The van der Waals surface area contributed by atoms with Crippen molar-refractivity contribution in [3.63, 3.8) is 0 Å². The molecular formula is C26H24FN3O2S. The average Bonchev–Trinajstić information content (AvgIpc) is 3.04. The lowest BCUT2D eigenvalue weighted by molar-refractivity contribution is -0.130. The largest absolute Gasteiger partial charge is 0.332 e. The molecule has 1 aliphatic rings. The lowest BCUT2D eigenvalue weighted by Gasteiger charge is -2.24. The first kappa shape index (κ1) is 22.6. The van der Waals surface area contributed by atoms with Gasteiger partial charge in [0.15, 0.2) is 5.11 Å². The van der Waals surface area contributed by atoms with Crippen molar-refractivity contribution < 1.29 is 14.0 Å². The van der Waals surface area contributed by atoms with Crippen LogP contribution in [0, 0.1) is 5.82 Å². The predicted molar refractivity (Wildman–Crippen MR) is 130 cm³/mol. The smallest absolute Gasteiger partial charge is 0.252 e. The number of carbonyl (C=O) groups is 2. The molecule has 2 amide bonds. The quantitative estimate of drug-likeness (QED) is 0.506. The zero-order valence-corrected chi connectivity index (χ0v) is 18.8. The van der Waals surface area contributed by atoms with Crippen LogP contribution >= 0.6 is 12.2 Å². The maximum Gasteiger partial charge on any atom is 0.252 e. The van der Waals surface area contributed by atoms with E-state index in [0.29, 0.717) is 30.3 Å². The average molecular weight is 462 g/mol. The summed E-state index contributed by atoms with van der Waals surface area (Å²) in [7, 11) is 0. The number of carbonyl (C=O) groups excluding carboxylic acids is 2. The molecule has 3 aromatic rings. The molecule has 1 N–H and O–H groups in total. The van der Waals surface area contributed by atoms with Crippen LogP contribution in [0.25, 0.3) is 0 Å². The van der Waals surface area contributed by atoms with Crippen molar-refractivity contribution in [2.24, 2.45) is 0 Å². The van der Waals surface area contributed by atoms with Crippen LogP contribution in [0.1, 0.15) is 17.5 Å². The second-order valence-corrected chi connectivity index (χ2v) is 8.26. The predicted octanol–water partition coefficient (Wildman–Crippen LogP) is 4.39. The topological polar surface area (TPSA) is 52.7 Å². The molecule has 0 spiro atoms. The summed E-state index contributed by atoms with van der Waals surface area (Å²) in [5, 5.41) is 3.17. The molecule has 1 heterocycles. The molecule has 1 aliphatic heterocycles. The third-order valence-electron chi connectivity index (χ3n) is 5.57. The van der Waals surface area contributed by atoms with E-state index in [1.807, 2.05) is 65.6 Å². The van der Waals surface area contributed by atoms with E-state index in [2.05, 4.69) is 5.32 Å². The molecule has 1 saturated heterocycles. The van der Waals surface area contributed by atoms with Crippen LogP contribution in [0.2, 0.25) is 0 Å². The highest BCUT2D eigenvalue weighted by atomic mass is 32.1. The number of hydrogen-bond donors (Lipinski definition) is 1. The molecule has 0 aliphatic carbocycles. The first-order chi connectivity index (χ1) is 16.0. The maximum atomic E-state index is 13.3. The highest BCUT2D eigenvalue weighted by Crippen LogP contribution is 2.24. The Morgan fingerprint density at radius 2 is 1.52 bits per heavy atom. The van der Waals surface area contributed by atoms with E-state index in [1.165, 1.54) is 24.3 Å². The van der Waals surface area contributed by atoms with E-state index in [4.69, 9.17) is 12.2 Å². The van der Waals surface area contributed by atoms with Crippen LogP contribution in [0.4, 0.5) is 10.1 Å². The zero-order chi connectivity index (χ0) is 23.2. The fourth-order valence-corrected chi connectivity index (χ4v) is 4.24. The molecule has 5 nitrogen and oxygen atoms in total. The second-order valence-electron chi connectivity index (χ2n) is 7.90. The normalized spacial score (nSPS) is 15.7. The Morgan fingerprint density at radius 1 is 0.909 bits per heavy atom. The Bertz CT molecular complexity index is 1120. The van der Waals surface area contributed by atoms with Gasteiger partial charge in [0.2, 0.25) is 5.91 Å². The summed E-state index contributed by atoms with van der Waals surface area (Å²) >= 11 is 5.69. The van der Waals surface area contributed by atoms with Crippen LogP contribution < -0.4 is 5.32 Å². The van der Waals surface area contributed by atoms with Crippen molar-refractivity contribution >= 4 is 34.8 Å². The van der Waals surface area contributed by atoms with Gasteiger partial charge in [0, 0.05) is 18.8 Å². The Kier molecular flexibility index (Phi) is 7.10. The number of nitrogens with zero attached hydrogens (tertiary/aromatic N) is 2. The van der Waals surface area contributed by atoms with Gasteiger partial charge in [-0.05, 0) is 54.0 Å². The minimum Gasteiger partial charge on any atom is -0.332 e. The summed E-state index contributed by atoms with van der Waals surface area (Å²) in [6, 6.07) is 24.5. The summed E-state index contributed by atoms with van der Waals surface area (Å²) in [4.78, 5) is 29.5. The molecule has 0 aromatic heterocycles. The van der Waals surface area contributed by atoms with E-state index >= 15 is 0 Å². The van der Waals surface area contributed by atoms with Gasteiger partial charge in [0.25, 0.3) is 5.91 Å². The van der Waals surface area contributed by atoms with Gasteiger partial charge < -0.3 is 10.2 Å². The van der Waals surface area contributed by atoms with Gasteiger partial charge in [-0.15, -0.1) is 0 Å². The van der Waals surface area contributed by atoms with Crippen molar-refractivity contribution in [2.75, 3.05) is 11.9 Å². The van der Waals surface area contributed by atoms with Crippen molar-refractivity contribution in [2.45, 2.75) is 25.4 Å². The monoisotopic (exact) mass is 461 g/mol. The third kappa shape index (κ3) is 5.62.